The molecule has 3 aromatic rings. The topological polar surface area (TPSA) is 58.0 Å². The smallest absolute Gasteiger partial charge is 0.210 e. The van der Waals surface area contributed by atoms with E-state index in [1.165, 1.54) is 28.7 Å². The van der Waals surface area contributed by atoms with Crippen LogP contribution in [0.3, 0.4) is 0 Å². The minimum atomic E-state index is -0.638. The monoisotopic (exact) mass is 377 g/mol. The second-order valence-electron chi connectivity index (χ2n) is 5.22. The van der Waals surface area contributed by atoms with Crippen LogP contribution in [-0.2, 0) is 0 Å². The van der Waals surface area contributed by atoms with Crippen molar-refractivity contribution in [3.8, 4) is 0 Å². The summed E-state index contributed by atoms with van der Waals surface area (Å²) in [4.78, 5) is 0. The lowest BCUT2D eigenvalue weighted by Crippen LogP contribution is -2.01. The average molecular weight is 378 g/mol. The largest absolute Gasteiger partial charge is 0.387 e. The van der Waals surface area contributed by atoms with Gasteiger partial charge in [-0.2, -0.15) is 0 Å². The Balaban J connectivity index is 1.59. The third-order valence-corrected chi connectivity index (χ3v) is 5.70. The van der Waals surface area contributed by atoms with Crippen LogP contribution in [-0.4, -0.2) is 21.1 Å². The molecule has 0 bridgehead atoms. The van der Waals surface area contributed by atoms with Crippen molar-refractivity contribution in [3.05, 3.63) is 64.7 Å². The molecule has 2 N–H and O–H groups in total. The summed E-state index contributed by atoms with van der Waals surface area (Å²) in [5.74, 6) is 0.475. The maximum absolute atomic E-state index is 10.3. The molecule has 4 nitrogen and oxygen atoms in total. The Labute approximate surface area is 153 Å². The van der Waals surface area contributed by atoms with Gasteiger partial charge in [-0.05, 0) is 36.2 Å². The first-order chi connectivity index (χ1) is 11.6. The van der Waals surface area contributed by atoms with Crippen molar-refractivity contribution in [3.63, 3.8) is 0 Å². The van der Waals surface area contributed by atoms with Gasteiger partial charge in [0.1, 0.15) is 0 Å². The molecule has 1 unspecified atom stereocenters. The molecule has 1 heterocycles. The van der Waals surface area contributed by atoms with E-state index in [1.54, 1.807) is 6.07 Å². The molecule has 0 saturated heterocycles. The minimum absolute atomic E-state index is 0.475. The Bertz CT molecular complexity index is 825. The van der Waals surface area contributed by atoms with Crippen LogP contribution in [0, 0.1) is 6.92 Å². The highest BCUT2D eigenvalue weighted by atomic mass is 35.5. The molecule has 0 saturated carbocycles. The third-order valence-electron chi connectivity index (χ3n) is 3.30. The maximum Gasteiger partial charge on any atom is 0.210 e. The average Bonchev–Trinajstić information content (AvgIpc) is 3.00. The predicted octanol–water partition coefficient (Wildman–Crippen LogP) is 5.07. The van der Waals surface area contributed by atoms with Gasteiger partial charge in [-0.25, -0.2) is 0 Å². The lowest BCUT2D eigenvalue weighted by molar-refractivity contribution is 0.204. The number of aryl methyl sites for hydroxylation is 1. The highest BCUT2D eigenvalue weighted by molar-refractivity contribution is 8.01. The van der Waals surface area contributed by atoms with Gasteiger partial charge in [0.2, 0.25) is 5.13 Å². The van der Waals surface area contributed by atoms with Crippen LogP contribution in [0.15, 0.2) is 52.9 Å². The summed E-state index contributed by atoms with van der Waals surface area (Å²) in [6, 6.07) is 15.4. The van der Waals surface area contributed by atoms with Crippen LogP contribution in [0.1, 0.15) is 17.2 Å². The fourth-order valence-electron chi connectivity index (χ4n) is 2.15. The highest BCUT2D eigenvalue weighted by Crippen LogP contribution is 2.32. The molecule has 7 heteroatoms. The maximum atomic E-state index is 10.3. The lowest BCUT2D eigenvalue weighted by Gasteiger charge is -2.10. The van der Waals surface area contributed by atoms with Gasteiger partial charge in [-0.1, -0.05) is 65.0 Å². The van der Waals surface area contributed by atoms with Crippen molar-refractivity contribution in [2.24, 2.45) is 0 Å². The van der Waals surface area contributed by atoms with Crippen molar-refractivity contribution in [1.29, 1.82) is 0 Å². The minimum Gasteiger partial charge on any atom is -0.387 e. The fourth-order valence-corrected chi connectivity index (χ4v) is 4.16. The van der Waals surface area contributed by atoms with E-state index in [2.05, 4.69) is 21.6 Å². The first kappa shape index (κ1) is 17.2. The number of aliphatic hydroxyl groups is 1. The Morgan fingerprint density at radius 1 is 1.21 bits per heavy atom. The second kappa shape index (κ2) is 7.98. The molecular formula is C17H16ClN3OS2. The van der Waals surface area contributed by atoms with Crippen LogP contribution < -0.4 is 5.32 Å². The van der Waals surface area contributed by atoms with Crippen molar-refractivity contribution in [2.45, 2.75) is 17.4 Å². The van der Waals surface area contributed by atoms with E-state index in [0.29, 0.717) is 10.8 Å². The summed E-state index contributed by atoms with van der Waals surface area (Å²) in [5, 5.41) is 23.1. The Hall–Kier alpha value is -1.60. The van der Waals surface area contributed by atoms with E-state index >= 15 is 0 Å². The number of aromatic nitrogens is 2. The van der Waals surface area contributed by atoms with Crippen LogP contribution in [0.4, 0.5) is 10.8 Å². The summed E-state index contributed by atoms with van der Waals surface area (Å²) in [6.07, 6.45) is -0.638. The number of rotatable bonds is 6. The highest BCUT2D eigenvalue weighted by Gasteiger charge is 2.13. The first-order valence-electron chi connectivity index (χ1n) is 7.34. The summed E-state index contributed by atoms with van der Waals surface area (Å²) in [7, 11) is 0. The summed E-state index contributed by atoms with van der Waals surface area (Å²) in [5.41, 5.74) is 2.90. The number of aliphatic hydroxyl groups excluding tert-OH is 1. The number of hydrogen-bond acceptors (Lipinski definition) is 6. The normalized spacial score (nSPS) is 12.1. The van der Waals surface area contributed by atoms with Gasteiger partial charge in [0, 0.05) is 16.5 Å². The SMILES string of the molecule is Cc1cccc(Nc2nnc(SCC(O)c3ccccc3Cl)s2)c1. The Kier molecular flexibility index (Phi) is 5.73. The van der Waals surface area contributed by atoms with Crippen LogP contribution in [0.25, 0.3) is 0 Å². The van der Waals surface area contributed by atoms with Gasteiger partial charge in [-0.15, -0.1) is 10.2 Å². The van der Waals surface area contributed by atoms with E-state index in [0.717, 1.165) is 20.7 Å². The fraction of sp³-hybridized carbons (Fsp3) is 0.176. The zero-order valence-corrected chi connectivity index (χ0v) is 15.3. The van der Waals surface area contributed by atoms with E-state index in [4.69, 9.17) is 11.6 Å². The van der Waals surface area contributed by atoms with Gasteiger partial charge >= 0.3 is 0 Å². The summed E-state index contributed by atoms with van der Waals surface area (Å²) >= 11 is 9.03. The number of hydrogen-bond donors (Lipinski definition) is 2. The predicted molar refractivity (Wildman–Crippen MR) is 102 cm³/mol. The van der Waals surface area contributed by atoms with Gasteiger partial charge < -0.3 is 10.4 Å². The molecule has 3 rings (SSSR count). The molecule has 24 heavy (non-hydrogen) atoms. The first-order valence-corrected chi connectivity index (χ1v) is 9.52. The molecule has 0 aliphatic carbocycles. The van der Waals surface area contributed by atoms with Crippen LogP contribution >= 0.6 is 34.7 Å². The van der Waals surface area contributed by atoms with Gasteiger partial charge in [0.05, 0.1) is 6.10 Å². The number of halogens is 1. The zero-order chi connectivity index (χ0) is 16.9. The molecule has 124 valence electrons. The molecular weight excluding hydrogens is 362 g/mol. The summed E-state index contributed by atoms with van der Waals surface area (Å²) in [6.45, 7) is 2.04. The molecule has 2 aromatic carbocycles. The number of thioether (sulfide) groups is 1. The second-order valence-corrected chi connectivity index (χ2v) is 7.87. The van der Waals surface area contributed by atoms with Crippen LogP contribution in [0.2, 0.25) is 5.02 Å². The van der Waals surface area contributed by atoms with Gasteiger partial charge in [0.25, 0.3) is 0 Å². The lowest BCUT2D eigenvalue weighted by atomic mass is 10.1. The molecule has 1 aromatic heterocycles. The quantitative estimate of drug-likeness (QED) is 0.587. The molecule has 0 spiro atoms. The molecule has 0 aliphatic heterocycles. The van der Waals surface area contributed by atoms with E-state index in [-0.39, 0.29) is 0 Å². The molecule has 0 fully saturated rings. The van der Waals surface area contributed by atoms with Crippen molar-refractivity contribution >= 4 is 45.5 Å². The van der Waals surface area contributed by atoms with E-state index in [1.807, 2.05) is 43.3 Å². The number of benzene rings is 2. The standard InChI is InChI=1S/C17H16ClN3OS2/c1-11-5-4-6-12(9-11)19-16-20-21-17(24-16)23-10-15(22)13-7-2-3-8-14(13)18/h2-9,15,22H,10H2,1H3,(H,19,20). The number of nitrogens with one attached hydrogen (secondary N) is 1. The summed E-state index contributed by atoms with van der Waals surface area (Å²) < 4.78 is 0.802. The van der Waals surface area contributed by atoms with Gasteiger partial charge in [-0.3, -0.25) is 0 Å². The Morgan fingerprint density at radius 3 is 2.83 bits per heavy atom. The van der Waals surface area contributed by atoms with E-state index < -0.39 is 6.10 Å². The van der Waals surface area contributed by atoms with Crippen molar-refractivity contribution < 1.29 is 5.11 Å². The molecule has 0 aliphatic rings. The van der Waals surface area contributed by atoms with Crippen LogP contribution in [0.5, 0.6) is 0 Å². The van der Waals surface area contributed by atoms with E-state index in [9.17, 15) is 5.11 Å². The van der Waals surface area contributed by atoms with Crippen molar-refractivity contribution in [2.75, 3.05) is 11.1 Å². The zero-order valence-electron chi connectivity index (χ0n) is 12.9. The third kappa shape index (κ3) is 4.48. The molecule has 1 atom stereocenters. The molecule has 0 amide bonds. The van der Waals surface area contributed by atoms with Crippen molar-refractivity contribution in [1.82, 2.24) is 10.2 Å². The number of nitrogens with zero attached hydrogens (tertiary/aromatic N) is 2. The number of anilines is 2. The molecule has 0 radical (unpaired) electrons. The Morgan fingerprint density at radius 2 is 2.04 bits per heavy atom. The van der Waals surface area contributed by atoms with Gasteiger partial charge in [0.15, 0.2) is 4.34 Å².